The van der Waals surface area contributed by atoms with Crippen LogP contribution in [0.15, 0.2) is 29.4 Å². The van der Waals surface area contributed by atoms with Gasteiger partial charge in [-0.3, -0.25) is 9.59 Å². The Kier molecular flexibility index (Phi) is 5.94. The lowest BCUT2D eigenvalue weighted by molar-refractivity contribution is -0.134. The Balaban J connectivity index is 1.79. The Morgan fingerprint density at radius 3 is 2.55 bits per heavy atom. The van der Waals surface area contributed by atoms with Crippen molar-refractivity contribution in [2.24, 2.45) is 5.10 Å². The first-order valence-corrected chi connectivity index (χ1v) is 7.45. The minimum Gasteiger partial charge on any atom is -0.484 e. The Labute approximate surface area is 130 Å². The molecule has 0 aromatic heterocycles. The molecular weight excluding hydrogens is 282 g/mol. The third-order valence-corrected chi connectivity index (χ3v) is 3.39. The molecular formula is C16H21N3O3. The van der Waals surface area contributed by atoms with Gasteiger partial charge in [0.15, 0.2) is 6.61 Å². The van der Waals surface area contributed by atoms with E-state index in [1.807, 2.05) is 17.0 Å². The van der Waals surface area contributed by atoms with Gasteiger partial charge in [-0.25, -0.2) is 5.43 Å². The van der Waals surface area contributed by atoms with E-state index in [4.69, 9.17) is 4.74 Å². The van der Waals surface area contributed by atoms with Crippen molar-refractivity contribution in [3.63, 3.8) is 0 Å². The van der Waals surface area contributed by atoms with Crippen LogP contribution >= 0.6 is 0 Å². The number of ether oxygens (including phenoxy) is 1. The maximum atomic E-state index is 12.0. The first-order chi connectivity index (χ1) is 10.6. The first-order valence-electron chi connectivity index (χ1n) is 7.45. The lowest BCUT2D eigenvalue weighted by atomic mass is 10.1. The number of hydrogen-bond acceptors (Lipinski definition) is 4. The Bertz CT molecular complexity index is 534. The minimum atomic E-state index is -0.215. The van der Waals surface area contributed by atoms with Gasteiger partial charge in [-0.15, -0.1) is 0 Å². The predicted molar refractivity (Wildman–Crippen MR) is 83.8 cm³/mol. The van der Waals surface area contributed by atoms with Crippen LogP contribution in [0.4, 0.5) is 0 Å². The number of carbonyl (C=O) groups is 2. The van der Waals surface area contributed by atoms with Crippen LogP contribution in [-0.4, -0.2) is 42.6 Å². The number of hydrogen-bond donors (Lipinski definition) is 1. The molecule has 1 aliphatic rings. The van der Waals surface area contributed by atoms with E-state index in [0.29, 0.717) is 5.75 Å². The molecule has 118 valence electrons. The van der Waals surface area contributed by atoms with Crippen molar-refractivity contribution in [1.29, 1.82) is 0 Å². The third kappa shape index (κ3) is 5.20. The van der Waals surface area contributed by atoms with Crippen molar-refractivity contribution in [2.45, 2.75) is 26.2 Å². The Hall–Kier alpha value is -2.37. The quantitative estimate of drug-likeness (QED) is 0.662. The molecule has 22 heavy (non-hydrogen) atoms. The summed E-state index contributed by atoms with van der Waals surface area (Å²) in [7, 11) is 0. The van der Waals surface area contributed by atoms with Crippen molar-refractivity contribution >= 4 is 18.0 Å². The summed E-state index contributed by atoms with van der Waals surface area (Å²) in [6.45, 7) is 3.13. The van der Waals surface area contributed by atoms with Gasteiger partial charge in [-0.05, 0) is 49.1 Å². The van der Waals surface area contributed by atoms with Crippen LogP contribution in [-0.2, 0) is 9.59 Å². The van der Waals surface area contributed by atoms with Gasteiger partial charge in [0, 0.05) is 20.0 Å². The van der Waals surface area contributed by atoms with Gasteiger partial charge >= 0.3 is 0 Å². The maximum absolute atomic E-state index is 12.0. The molecule has 0 unspecified atom stereocenters. The number of piperidine rings is 1. The molecule has 0 bridgehead atoms. The normalized spacial score (nSPS) is 14.9. The van der Waals surface area contributed by atoms with E-state index in [-0.39, 0.29) is 18.4 Å². The van der Waals surface area contributed by atoms with Gasteiger partial charge in [0.05, 0.1) is 6.21 Å². The molecule has 2 amide bonds. The fourth-order valence-electron chi connectivity index (χ4n) is 2.23. The number of rotatable bonds is 5. The molecule has 1 aromatic carbocycles. The topological polar surface area (TPSA) is 71.0 Å². The number of nitrogens with one attached hydrogen (secondary N) is 1. The lowest BCUT2D eigenvalue weighted by Gasteiger charge is -2.26. The molecule has 1 fully saturated rings. The Morgan fingerprint density at radius 1 is 1.23 bits per heavy atom. The summed E-state index contributed by atoms with van der Waals surface area (Å²) in [6.07, 6.45) is 4.90. The second kappa shape index (κ2) is 8.17. The van der Waals surface area contributed by atoms with E-state index in [2.05, 4.69) is 10.5 Å². The highest BCUT2D eigenvalue weighted by Crippen LogP contribution is 2.13. The van der Waals surface area contributed by atoms with Gasteiger partial charge < -0.3 is 9.64 Å². The fraction of sp³-hybridized carbons (Fsp3) is 0.438. The molecule has 0 atom stereocenters. The summed E-state index contributed by atoms with van der Waals surface area (Å²) in [4.78, 5) is 24.5. The second-order valence-electron chi connectivity index (χ2n) is 5.23. The molecule has 1 aliphatic heterocycles. The van der Waals surface area contributed by atoms with Crippen LogP contribution in [0.2, 0.25) is 0 Å². The standard InChI is InChI=1S/C16H21N3O3/c1-13(20)18-17-11-14-5-7-15(8-6-14)22-12-16(21)19-9-3-2-4-10-19/h5-8,11H,2-4,9-10,12H2,1H3,(H,18,20)/b17-11-. The number of nitrogens with zero attached hydrogens (tertiary/aromatic N) is 2. The monoisotopic (exact) mass is 303 g/mol. The number of hydrazone groups is 1. The summed E-state index contributed by atoms with van der Waals surface area (Å²) < 4.78 is 5.51. The molecule has 1 heterocycles. The highest BCUT2D eigenvalue weighted by atomic mass is 16.5. The van der Waals surface area contributed by atoms with E-state index < -0.39 is 0 Å². The Morgan fingerprint density at radius 2 is 1.91 bits per heavy atom. The van der Waals surface area contributed by atoms with Gasteiger partial charge in [-0.1, -0.05) is 0 Å². The van der Waals surface area contributed by atoms with Gasteiger partial charge in [0.2, 0.25) is 5.91 Å². The van der Waals surface area contributed by atoms with Gasteiger partial charge in [0.1, 0.15) is 5.75 Å². The van der Waals surface area contributed by atoms with E-state index in [1.165, 1.54) is 13.3 Å². The lowest BCUT2D eigenvalue weighted by Crippen LogP contribution is -2.38. The summed E-state index contributed by atoms with van der Waals surface area (Å²) in [5.41, 5.74) is 3.17. The van der Waals surface area contributed by atoms with Crippen LogP contribution in [0.3, 0.4) is 0 Å². The number of amides is 2. The van der Waals surface area contributed by atoms with E-state index in [9.17, 15) is 9.59 Å². The van der Waals surface area contributed by atoms with Crippen LogP contribution in [0.5, 0.6) is 5.75 Å². The predicted octanol–water partition coefficient (Wildman–Crippen LogP) is 1.55. The van der Waals surface area contributed by atoms with Crippen molar-refractivity contribution < 1.29 is 14.3 Å². The molecule has 2 rings (SSSR count). The number of benzene rings is 1. The second-order valence-corrected chi connectivity index (χ2v) is 5.23. The molecule has 1 saturated heterocycles. The van der Waals surface area contributed by atoms with Crippen LogP contribution in [0.1, 0.15) is 31.7 Å². The molecule has 0 aliphatic carbocycles. The van der Waals surface area contributed by atoms with E-state index >= 15 is 0 Å². The van der Waals surface area contributed by atoms with Gasteiger partial charge in [-0.2, -0.15) is 5.10 Å². The summed E-state index contributed by atoms with van der Waals surface area (Å²) in [5.74, 6) is 0.463. The minimum absolute atomic E-state index is 0.0380. The van der Waals surface area contributed by atoms with Crippen molar-refractivity contribution in [1.82, 2.24) is 10.3 Å². The summed E-state index contributed by atoms with van der Waals surface area (Å²) in [5, 5.41) is 3.78. The third-order valence-electron chi connectivity index (χ3n) is 3.39. The van der Waals surface area contributed by atoms with Crippen LogP contribution < -0.4 is 10.2 Å². The zero-order chi connectivity index (χ0) is 15.8. The largest absolute Gasteiger partial charge is 0.484 e. The molecule has 1 aromatic rings. The SMILES string of the molecule is CC(=O)N/N=C\c1ccc(OCC(=O)N2CCCCC2)cc1. The fourth-order valence-corrected chi connectivity index (χ4v) is 2.23. The highest BCUT2D eigenvalue weighted by Gasteiger charge is 2.16. The van der Waals surface area contributed by atoms with Crippen molar-refractivity contribution in [2.75, 3.05) is 19.7 Å². The highest BCUT2D eigenvalue weighted by molar-refractivity contribution is 5.82. The number of likely N-dealkylation sites (tertiary alicyclic amines) is 1. The maximum Gasteiger partial charge on any atom is 0.260 e. The zero-order valence-corrected chi connectivity index (χ0v) is 12.7. The average molecular weight is 303 g/mol. The van der Waals surface area contributed by atoms with E-state index in [0.717, 1.165) is 31.5 Å². The molecule has 0 spiro atoms. The zero-order valence-electron chi connectivity index (χ0n) is 12.7. The molecule has 6 nitrogen and oxygen atoms in total. The summed E-state index contributed by atoms with van der Waals surface area (Å²) >= 11 is 0. The summed E-state index contributed by atoms with van der Waals surface area (Å²) in [6, 6.07) is 7.18. The smallest absolute Gasteiger partial charge is 0.260 e. The molecule has 0 radical (unpaired) electrons. The van der Waals surface area contributed by atoms with Crippen molar-refractivity contribution in [3.05, 3.63) is 29.8 Å². The van der Waals surface area contributed by atoms with E-state index in [1.54, 1.807) is 18.3 Å². The molecule has 6 heteroatoms. The van der Waals surface area contributed by atoms with Crippen LogP contribution in [0, 0.1) is 0 Å². The van der Waals surface area contributed by atoms with Crippen LogP contribution in [0.25, 0.3) is 0 Å². The first kappa shape index (κ1) is 16.0. The number of carbonyl (C=O) groups excluding carboxylic acids is 2. The molecule has 1 N–H and O–H groups in total. The molecule has 0 saturated carbocycles. The van der Waals surface area contributed by atoms with Crippen molar-refractivity contribution in [3.8, 4) is 5.75 Å². The van der Waals surface area contributed by atoms with Gasteiger partial charge in [0.25, 0.3) is 5.91 Å². The average Bonchev–Trinajstić information content (AvgIpc) is 2.54.